The van der Waals surface area contributed by atoms with Crippen LogP contribution in [0.15, 0.2) is 35.7 Å². The van der Waals surface area contributed by atoms with E-state index in [4.69, 9.17) is 5.73 Å². The molecular weight excluding hydrogens is 263 g/mol. The third-order valence-corrected chi connectivity index (χ3v) is 4.14. The second-order valence-electron chi connectivity index (χ2n) is 4.34. The van der Waals surface area contributed by atoms with Gasteiger partial charge in [-0.3, -0.25) is 4.79 Å². The van der Waals surface area contributed by atoms with Gasteiger partial charge < -0.3 is 10.6 Å². The van der Waals surface area contributed by atoms with Crippen LogP contribution in [0.2, 0.25) is 0 Å². The number of nitrogen functional groups attached to an aromatic ring is 1. The first-order chi connectivity index (χ1) is 9.00. The summed E-state index contributed by atoms with van der Waals surface area (Å²) in [6, 6.07) is 7.71. The number of anilines is 1. The predicted octanol–water partition coefficient (Wildman–Crippen LogP) is 3.30. The van der Waals surface area contributed by atoms with E-state index in [1.807, 2.05) is 24.4 Å². The summed E-state index contributed by atoms with van der Waals surface area (Å²) in [7, 11) is 1.72. The van der Waals surface area contributed by atoms with Crippen LogP contribution in [-0.4, -0.2) is 17.9 Å². The maximum Gasteiger partial charge on any atom is 0.256 e. The maximum atomic E-state index is 13.0. The Hall–Kier alpha value is -1.88. The highest BCUT2D eigenvalue weighted by molar-refractivity contribution is 7.10. The van der Waals surface area contributed by atoms with E-state index < -0.39 is 5.82 Å². The van der Waals surface area contributed by atoms with Crippen molar-refractivity contribution in [3.05, 3.63) is 52.0 Å². The number of halogens is 1. The van der Waals surface area contributed by atoms with Crippen LogP contribution in [0.1, 0.15) is 28.2 Å². The Bertz CT molecular complexity index is 583. The van der Waals surface area contributed by atoms with E-state index in [1.165, 1.54) is 12.1 Å². The van der Waals surface area contributed by atoms with E-state index in [9.17, 15) is 9.18 Å². The Morgan fingerprint density at radius 3 is 2.74 bits per heavy atom. The van der Waals surface area contributed by atoms with Gasteiger partial charge in [-0.1, -0.05) is 6.07 Å². The van der Waals surface area contributed by atoms with Crippen molar-refractivity contribution in [2.75, 3.05) is 12.8 Å². The molecule has 3 nitrogen and oxygen atoms in total. The van der Waals surface area contributed by atoms with Crippen molar-refractivity contribution >= 4 is 22.9 Å². The minimum absolute atomic E-state index is 0.0445. The lowest BCUT2D eigenvalue weighted by Crippen LogP contribution is -2.29. The summed E-state index contributed by atoms with van der Waals surface area (Å²) in [6.45, 7) is 1.95. The van der Waals surface area contributed by atoms with Crippen LogP contribution in [0.25, 0.3) is 0 Å². The average Bonchev–Trinajstić information content (AvgIpc) is 2.90. The van der Waals surface area contributed by atoms with Gasteiger partial charge in [0.15, 0.2) is 0 Å². The summed E-state index contributed by atoms with van der Waals surface area (Å²) < 4.78 is 13.0. The van der Waals surface area contributed by atoms with Crippen LogP contribution >= 0.6 is 11.3 Å². The van der Waals surface area contributed by atoms with Gasteiger partial charge in [0.05, 0.1) is 11.6 Å². The lowest BCUT2D eigenvalue weighted by atomic mass is 10.1. The maximum absolute atomic E-state index is 13.0. The van der Waals surface area contributed by atoms with E-state index in [0.717, 1.165) is 10.9 Å². The van der Waals surface area contributed by atoms with E-state index >= 15 is 0 Å². The topological polar surface area (TPSA) is 46.3 Å². The van der Waals surface area contributed by atoms with Crippen molar-refractivity contribution < 1.29 is 9.18 Å². The SMILES string of the molecule is CC(c1cccs1)N(C)C(=O)c1ccc(F)cc1N. The molecule has 0 fully saturated rings. The first-order valence-electron chi connectivity index (χ1n) is 5.86. The van der Waals surface area contributed by atoms with Gasteiger partial charge in [0.1, 0.15) is 5.82 Å². The van der Waals surface area contributed by atoms with Crippen molar-refractivity contribution in [1.82, 2.24) is 4.90 Å². The number of hydrogen-bond acceptors (Lipinski definition) is 3. The molecule has 1 atom stereocenters. The zero-order valence-corrected chi connectivity index (χ0v) is 11.6. The molecule has 1 aromatic heterocycles. The van der Waals surface area contributed by atoms with E-state index in [0.29, 0.717) is 5.56 Å². The summed E-state index contributed by atoms with van der Waals surface area (Å²) >= 11 is 1.59. The molecule has 0 bridgehead atoms. The Labute approximate surface area is 115 Å². The molecule has 0 radical (unpaired) electrons. The first-order valence-corrected chi connectivity index (χ1v) is 6.74. The highest BCUT2D eigenvalue weighted by atomic mass is 32.1. The molecule has 0 aliphatic carbocycles. The molecule has 0 spiro atoms. The van der Waals surface area contributed by atoms with Crippen LogP contribution in [0.5, 0.6) is 0 Å². The lowest BCUT2D eigenvalue weighted by Gasteiger charge is -2.24. The molecule has 0 aliphatic heterocycles. The zero-order chi connectivity index (χ0) is 14.0. The molecule has 2 N–H and O–H groups in total. The molecule has 19 heavy (non-hydrogen) atoms. The summed E-state index contributed by atoms with van der Waals surface area (Å²) in [5.41, 5.74) is 6.18. The van der Waals surface area contributed by atoms with Gasteiger partial charge in [0.25, 0.3) is 5.91 Å². The molecule has 2 aromatic rings. The summed E-state index contributed by atoms with van der Waals surface area (Å²) in [6.07, 6.45) is 0. The molecule has 1 unspecified atom stereocenters. The Balaban J connectivity index is 2.24. The quantitative estimate of drug-likeness (QED) is 0.876. The number of thiophene rings is 1. The fourth-order valence-corrected chi connectivity index (χ4v) is 2.64. The predicted molar refractivity (Wildman–Crippen MR) is 75.6 cm³/mol. The zero-order valence-electron chi connectivity index (χ0n) is 10.8. The molecule has 0 aliphatic rings. The average molecular weight is 278 g/mol. The number of carbonyl (C=O) groups is 1. The molecule has 1 aromatic carbocycles. The second kappa shape index (κ2) is 5.40. The van der Waals surface area contributed by atoms with Gasteiger partial charge >= 0.3 is 0 Å². The summed E-state index contributed by atoms with van der Waals surface area (Å²) in [4.78, 5) is 15.0. The van der Waals surface area contributed by atoms with Crippen LogP contribution < -0.4 is 5.73 Å². The molecule has 1 amide bonds. The number of amides is 1. The number of carbonyl (C=O) groups excluding carboxylic acids is 1. The minimum Gasteiger partial charge on any atom is -0.398 e. The smallest absolute Gasteiger partial charge is 0.256 e. The molecule has 5 heteroatoms. The molecule has 1 heterocycles. The van der Waals surface area contributed by atoms with Crippen molar-refractivity contribution in [3.63, 3.8) is 0 Å². The summed E-state index contributed by atoms with van der Waals surface area (Å²) in [5.74, 6) is -0.651. The Morgan fingerprint density at radius 1 is 1.42 bits per heavy atom. The van der Waals surface area contributed by atoms with Crippen LogP contribution in [0, 0.1) is 5.82 Å². The minimum atomic E-state index is -0.442. The van der Waals surface area contributed by atoms with E-state index in [-0.39, 0.29) is 17.6 Å². The van der Waals surface area contributed by atoms with Gasteiger partial charge in [-0.05, 0) is 36.6 Å². The molecule has 2 rings (SSSR count). The monoisotopic (exact) mass is 278 g/mol. The third-order valence-electron chi connectivity index (χ3n) is 3.10. The molecule has 0 saturated carbocycles. The normalized spacial score (nSPS) is 12.2. The van der Waals surface area contributed by atoms with Gasteiger partial charge in [0.2, 0.25) is 0 Å². The molecule has 100 valence electrons. The largest absolute Gasteiger partial charge is 0.398 e. The van der Waals surface area contributed by atoms with Crippen LogP contribution in [0.3, 0.4) is 0 Å². The second-order valence-corrected chi connectivity index (χ2v) is 5.32. The van der Waals surface area contributed by atoms with E-state index in [2.05, 4.69) is 0 Å². The number of benzene rings is 1. The fraction of sp³-hybridized carbons (Fsp3) is 0.214. The Kier molecular flexibility index (Phi) is 3.85. The highest BCUT2D eigenvalue weighted by Crippen LogP contribution is 2.26. The van der Waals surface area contributed by atoms with Crippen molar-refractivity contribution in [1.29, 1.82) is 0 Å². The van der Waals surface area contributed by atoms with Crippen LogP contribution in [0.4, 0.5) is 10.1 Å². The molecule has 0 saturated heterocycles. The van der Waals surface area contributed by atoms with Crippen molar-refractivity contribution in [2.24, 2.45) is 0 Å². The van der Waals surface area contributed by atoms with Crippen molar-refractivity contribution in [3.8, 4) is 0 Å². The van der Waals surface area contributed by atoms with Gasteiger partial charge in [-0.25, -0.2) is 4.39 Å². The third kappa shape index (κ3) is 2.76. The first kappa shape index (κ1) is 13.5. The molecular formula is C14H15FN2OS. The fourth-order valence-electron chi connectivity index (χ4n) is 1.81. The highest BCUT2D eigenvalue weighted by Gasteiger charge is 2.21. The van der Waals surface area contributed by atoms with Crippen LogP contribution in [-0.2, 0) is 0 Å². The number of nitrogens with zero attached hydrogens (tertiary/aromatic N) is 1. The van der Waals surface area contributed by atoms with E-state index in [1.54, 1.807) is 23.3 Å². The number of hydrogen-bond donors (Lipinski definition) is 1. The standard InChI is InChI=1S/C14H15FN2OS/c1-9(13-4-3-7-19-13)17(2)14(18)11-6-5-10(15)8-12(11)16/h3-9H,16H2,1-2H3. The van der Waals surface area contributed by atoms with Gasteiger partial charge in [0, 0.05) is 17.6 Å². The summed E-state index contributed by atoms with van der Waals surface area (Å²) in [5, 5.41) is 1.97. The van der Waals surface area contributed by atoms with Crippen molar-refractivity contribution in [2.45, 2.75) is 13.0 Å². The number of nitrogens with two attached hydrogens (primary N) is 1. The number of rotatable bonds is 3. The van der Waals surface area contributed by atoms with Gasteiger partial charge in [-0.2, -0.15) is 0 Å². The van der Waals surface area contributed by atoms with Gasteiger partial charge in [-0.15, -0.1) is 11.3 Å². The Morgan fingerprint density at radius 2 is 2.16 bits per heavy atom. The lowest BCUT2D eigenvalue weighted by molar-refractivity contribution is 0.0746.